The van der Waals surface area contributed by atoms with Gasteiger partial charge in [-0.25, -0.2) is 9.97 Å². The fraction of sp³-hybridized carbons (Fsp3) is 0.158. The molecule has 0 aliphatic rings. The first-order valence-electron chi connectivity index (χ1n) is 7.92. The van der Waals surface area contributed by atoms with Crippen LogP contribution in [0.5, 0.6) is 0 Å². The Balaban J connectivity index is 1.89. The quantitative estimate of drug-likeness (QED) is 0.463. The molecule has 2 aromatic carbocycles. The summed E-state index contributed by atoms with van der Waals surface area (Å²) in [6, 6.07) is 17.3. The zero-order valence-electron chi connectivity index (χ0n) is 13.7. The molecule has 6 heteroatoms. The first-order chi connectivity index (χ1) is 12.2. The second-order valence-corrected chi connectivity index (χ2v) is 6.81. The number of rotatable bonds is 6. The summed E-state index contributed by atoms with van der Waals surface area (Å²) >= 11 is 7.47. The zero-order valence-corrected chi connectivity index (χ0v) is 15.3. The number of nitrogens with zero attached hydrogens (tertiary/aromatic N) is 2. The van der Waals surface area contributed by atoms with E-state index in [9.17, 15) is 0 Å². The number of thioether (sulfide) groups is 1. The molecule has 0 radical (unpaired) electrons. The predicted molar refractivity (Wildman–Crippen MR) is 105 cm³/mol. The summed E-state index contributed by atoms with van der Waals surface area (Å²) in [5.41, 5.74) is 2.78. The van der Waals surface area contributed by atoms with E-state index in [4.69, 9.17) is 16.7 Å². The van der Waals surface area contributed by atoms with Crippen molar-refractivity contribution in [3.63, 3.8) is 0 Å². The Labute approximate surface area is 156 Å². The van der Waals surface area contributed by atoms with Crippen molar-refractivity contribution < 1.29 is 5.11 Å². The van der Waals surface area contributed by atoms with Crippen molar-refractivity contribution in [2.75, 3.05) is 11.3 Å². The van der Waals surface area contributed by atoms with Crippen LogP contribution >= 0.6 is 23.4 Å². The van der Waals surface area contributed by atoms with Crippen LogP contribution < -0.4 is 5.32 Å². The lowest BCUT2D eigenvalue weighted by Crippen LogP contribution is -2.00. The van der Waals surface area contributed by atoms with Gasteiger partial charge in [-0.2, -0.15) is 0 Å². The predicted octanol–water partition coefficient (Wildman–Crippen LogP) is 5.14. The Kier molecular flexibility index (Phi) is 5.91. The molecule has 128 valence electrons. The molecule has 0 atom stereocenters. The number of aromatic nitrogens is 2. The van der Waals surface area contributed by atoms with Crippen LogP contribution in [-0.2, 0) is 6.42 Å². The Morgan fingerprint density at radius 1 is 1.08 bits per heavy atom. The number of aryl methyl sites for hydroxylation is 1. The fourth-order valence-electron chi connectivity index (χ4n) is 2.36. The summed E-state index contributed by atoms with van der Waals surface area (Å²) in [5.74, 6) is 1.46. The summed E-state index contributed by atoms with van der Waals surface area (Å²) in [5, 5.41) is 12.9. The minimum absolute atomic E-state index is 0.0710. The number of hydrogen-bond donors (Lipinski definition) is 2. The van der Waals surface area contributed by atoms with Crippen molar-refractivity contribution in [1.82, 2.24) is 9.97 Å². The second-order valence-electron chi connectivity index (χ2n) is 5.35. The minimum atomic E-state index is 0.0710. The van der Waals surface area contributed by atoms with Gasteiger partial charge in [-0.15, -0.1) is 0 Å². The Morgan fingerprint density at radius 2 is 1.88 bits per heavy atom. The molecule has 0 aliphatic carbocycles. The molecule has 0 unspecified atom stereocenters. The van der Waals surface area contributed by atoms with Crippen LogP contribution in [-0.4, -0.2) is 21.0 Å². The van der Waals surface area contributed by atoms with Gasteiger partial charge in [-0.05, 0) is 42.8 Å². The first kappa shape index (κ1) is 17.7. The molecule has 1 heterocycles. The van der Waals surface area contributed by atoms with Crippen molar-refractivity contribution in [2.24, 2.45) is 0 Å². The maximum absolute atomic E-state index is 8.96. The summed E-state index contributed by atoms with van der Waals surface area (Å²) < 4.78 is 0. The highest BCUT2D eigenvalue weighted by atomic mass is 35.5. The van der Waals surface area contributed by atoms with Crippen LogP contribution in [0.2, 0.25) is 5.02 Å². The van der Waals surface area contributed by atoms with Crippen molar-refractivity contribution in [1.29, 1.82) is 0 Å². The highest BCUT2D eigenvalue weighted by molar-refractivity contribution is 7.99. The molecule has 4 nitrogen and oxygen atoms in total. The third-order valence-electron chi connectivity index (χ3n) is 3.58. The van der Waals surface area contributed by atoms with Crippen LogP contribution in [0.25, 0.3) is 11.4 Å². The molecule has 0 fully saturated rings. The van der Waals surface area contributed by atoms with Gasteiger partial charge in [0.2, 0.25) is 0 Å². The van der Waals surface area contributed by atoms with E-state index in [0.717, 1.165) is 34.1 Å². The number of nitrogens with one attached hydrogen (secondary N) is 1. The molecule has 0 aliphatic heterocycles. The minimum Gasteiger partial charge on any atom is -0.385 e. The van der Waals surface area contributed by atoms with E-state index in [-0.39, 0.29) is 5.94 Å². The van der Waals surface area contributed by atoms with E-state index < -0.39 is 0 Å². The van der Waals surface area contributed by atoms with Gasteiger partial charge in [0.15, 0.2) is 5.82 Å². The van der Waals surface area contributed by atoms with Gasteiger partial charge in [0.1, 0.15) is 5.82 Å². The molecular weight excluding hydrogens is 354 g/mol. The Hall–Kier alpha value is -2.08. The van der Waals surface area contributed by atoms with Crippen molar-refractivity contribution >= 4 is 34.9 Å². The largest absolute Gasteiger partial charge is 0.385 e. The smallest absolute Gasteiger partial charge is 0.161 e. The summed E-state index contributed by atoms with van der Waals surface area (Å²) in [6.07, 6.45) is 0.816. The van der Waals surface area contributed by atoms with Gasteiger partial charge in [0.05, 0.1) is 5.94 Å². The number of halogens is 1. The monoisotopic (exact) mass is 371 g/mol. The second kappa shape index (κ2) is 8.34. The maximum Gasteiger partial charge on any atom is 0.161 e. The lowest BCUT2D eigenvalue weighted by molar-refractivity contribution is 0.375. The van der Waals surface area contributed by atoms with Gasteiger partial charge >= 0.3 is 0 Å². The van der Waals surface area contributed by atoms with Gasteiger partial charge in [0.25, 0.3) is 0 Å². The van der Waals surface area contributed by atoms with Crippen molar-refractivity contribution in [3.8, 4) is 11.4 Å². The molecule has 3 aromatic rings. The topological polar surface area (TPSA) is 58.0 Å². The fourth-order valence-corrected chi connectivity index (χ4v) is 3.02. The Bertz CT molecular complexity index is 856. The SMILES string of the molecule is CCc1cc(Nc2ccc(SCO)cc2)nc(-c2cccc(Cl)c2)n1. The average Bonchev–Trinajstić information content (AvgIpc) is 2.63. The van der Waals surface area contributed by atoms with E-state index in [1.807, 2.05) is 54.6 Å². The van der Waals surface area contributed by atoms with Crippen LogP contribution in [0.15, 0.2) is 59.5 Å². The van der Waals surface area contributed by atoms with Gasteiger partial charge in [-0.1, -0.05) is 42.4 Å². The molecule has 3 rings (SSSR count). The number of aliphatic hydroxyl groups excluding tert-OH is 1. The van der Waals surface area contributed by atoms with E-state index >= 15 is 0 Å². The third-order valence-corrected chi connectivity index (χ3v) is 4.55. The summed E-state index contributed by atoms with van der Waals surface area (Å²) in [4.78, 5) is 10.2. The average molecular weight is 372 g/mol. The molecule has 2 N–H and O–H groups in total. The van der Waals surface area contributed by atoms with Gasteiger partial charge < -0.3 is 10.4 Å². The van der Waals surface area contributed by atoms with E-state index in [1.165, 1.54) is 11.8 Å². The van der Waals surface area contributed by atoms with Crippen LogP contribution in [0, 0.1) is 0 Å². The number of benzene rings is 2. The van der Waals surface area contributed by atoms with Gasteiger partial charge in [-0.3, -0.25) is 0 Å². The lowest BCUT2D eigenvalue weighted by Gasteiger charge is -2.10. The Morgan fingerprint density at radius 3 is 2.56 bits per heavy atom. The molecule has 0 saturated heterocycles. The lowest BCUT2D eigenvalue weighted by atomic mass is 10.2. The zero-order chi connectivity index (χ0) is 17.6. The summed E-state index contributed by atoms with van der Waals surface area (Å²) in [7, 11) is 0. The highest BCUT2D eigenvalue weighted by Crippen LogP contribution is 2.24. The molecular formula is C19H18ClN3OS. The number of anilines is 2. The van der Waals surface area contributed by atoms with Crippen LogP contribution in [0.3, 0.4) is 0 Å². The number of hydrogen-bond acceptors (Lipinski definition) is 5. The van der Waals surface area contributed by atoms with Gasteiger partial charge in [0, 0.05) is 32.9 Å². The first-order valence-corrected chi connectivity index (χ1v) is 9.29. The molecule has 0 bridgehead atoms. The highest BCUT2D eigenvalue weighted by Gasteiger charge is 2.07. The maximum atomic E-state index is 8.96. The number of aliphatic hydroxyl groups is 1. The standard InChI is InChI=1S/C19H18ClN3OS/c1-2-15-11-18(21-16-6-8-17(9-7-16)25-12-24)23-19(22-15)13-4-3-5-14(20)10-13/h3-11,24H,2,12H2,1H3,(H,21,22,23). The molecule has 0 amide bonds. The van der Waals surface area contributed by atoms with E-state index in [0.29, 0.717) is 10.8 Å². The van der Waals surface area contributed by atoms with E-state index in [1.54, 1.807) is 0 Å². The van der Waals surface area contributed by atoms with Crippen molar-refractivity contribution in [3.05, 3.63) is 65.3 Å². The molecule has 25 heavy (non-hydrogen) atoms. The molecule has 0 saturated carbocycles. The molecule has 1 aromatic heterocycles. The van der Waals surface area contributed by atoms with Crippen LogP contribution in [0.4, 0.5) is 11.5 Å². The molecule has 0 spiro atoms. The van der Waals surface area contributed by atoms with E-state index in [2.05, 4.69) is 22.2 Å². The normalized spacial score (nSPS) is 10.7. The summed E-state index contributed by atoms with van der Waals surface area (Å²) in [6.45, 7) is 2.06. The van der Waals surface area contributed by atoms with Crippen molar-refractivity contribution in [2.45, 2.75) is 18.2 Å². The van der Waals surface area contributed by atoms with Crippen LogP contribution in [0.1, 0.15) is 12.6 Å². The third kappa shape index (κ3) is 4.72.